The molecule has 134 valence electrons. The van der Waals surface area contributed by atoms with Crippen molar-refractivity contribution >= 4 is 28.4 Å². The Kier molecular flexibility index (Phi) is 5.07. The van der Waals surface area contributed by atoms with Crippen molar-refractivity contribution in [2.24, 2.45) is 0 Å². The first-order valence-electron chi connectivity index (χ1n) is 8.64. The van der Waals surface area contributed by atoms with E-state index >= 15 is 0 Å². The number of hydrogen-bond donors (Lipinski definition) is 3. The Bertz CT molecular complexity index is 959. The van der Waals surface area contributed by atoms with Gasteiger partial charge in [-0.25, -0.2) is 0 Å². The number of anilines is 1. The van der Waals surface area contributed by atoms with Gasteiger partial charge in [-0.1, -0.05) is 24.3 Å². The molecule has 0 aliphatic rings. The summed E-state index contributed by atoms with van der Waals surface area (Å²) in [7, 11) is 0. The number of aryl methyl sites for hydroxylation is 2. The van der Waals surface area contributed by atoms with Crippen LogP contribution in [0, 0.1) is 13.8 Å². The topological polar surface area (TPSA) is 74.0 Å². The van der Waals surface area contributed by atoms with Crippen LogP contribution in [0.5, 0.6) is 0 Å². The number of fused-ring (bicyclic) bond motifs is 1. The van der Waals surface area contributed by atoms with Crippen molar-refractivity contribution in [1.29, 1.82) is 0 Å². The molecule has 0 aliphatic carbocycles. The minimum atomic E-state index is -0.645. The van der Waals surface area contributed by atoms with Crippen LogP contribution in [0.2, 0.25) is 0 Å². The van der Waals surface area contributed by atoms with Gasteiger partial charge in [0.15, 0.2) is 0 Å². The SMILES string of the molecule is CC(=O)N[C@@H](Cc1c[nH]c2ccccc12)C(=O)Nc1ccc(C)c(C)c1. The third-order valence-corrected chi connectivity index (χ3v) is 4.57. The summed E-state index contributed by atoms with van der Waals surface area (Å²) in [6, 6.07) is 13.0. The van der Waals surface area contributed by atoms with Crippen molar-refractivity contribution in [1.82, 2.24) is 10.3 Å². The Morgan fingerprint density at radius 1 is 1.08 bits per heavy atom. The molecule has 0 saturated carbocycles. The van der Waals surface area contributed by atoms with Gasteiger partial charge in [0.25, 0.3) is 0 Å². The second-order valence-corrected chi connectivity index (χ2v) is 6.61. The highest BCUT2D eigenvalue weighted by atomic mass is 16.2. The first kappa shape index (κ1) is 17.7. The minimum Gasteiger partial charge on any atom is -0.361 e. The fourth-order valence-electron chi connectivity index (χ4n) is 3.02. The summed E-state index contributed by atoms with van der Waals surface area (Å²) in [6.07, 6.45) is 2.31. The monoisotopic (exact) mass is 349 g/mol. The maximum atomic E-state index is 12.8. The lowest BCUT2D eigenvalue weighted by Crippen LogP contribution is -2.44. The molecule has 0 spiro atoms. The molecular weight excluding hydrogens is 326 g/mol. The zero-order chi connectivity index (χ0) is 18.7. The van der Waals surface area contributed by atoms with Gasteiger partial charge in [-0.05, 0) is 48.7 Å². The van der Waals surface area contributed by atoms with Gasteiger partial charge < -0.3 is 15.6 Å². The van der Waals surface area contributed by atoms with E-state index < -0.39 is 6.04 Å². The van der Waals surface area contributed by atoms with Crippen LogP contribution in [-0.2, 0) is 16.0 Å². The summed E-state index contributed by atoms with van der Waals surface area (Å²) in [5, 5.41) is 6.73. The predicted octanol–water partition coefficient (Wildman–Crippen LogP) is 3.47. The Morgan fingerprint density at radius 2 is 1.85 bits per heavy atom. The van der Waals surface area contributed by atoms with E-state index in [4.69, 9.17) is 0 Å². The Hall–Kier alpha value is -3.08. The number of benzene rings is 2. The summed E-state index contributed by atoms with van der Waals surface area (Å²) >= 11 is 0. The number of para-hydroxylation sites is 1. The van der Waals surface area contributed by atoms with E-state index in [2.05, 4.69) is 15.6 Å². The lowest BCUT2D eigenvalue weighted by molar-refractivity contribution is -0.125. The quantitative estimate of drug-likeness (QED) is 0.660. The Balaban J connectivity index is 1.81. The number of H-pyrrole nitrogens is 1. The molecular formula is C21H23N3O2. The molecule has 1 aromatic heterocycles. The third-order valence-electron chi connectivity index (χ3n) is 4.57. The van der Waals surface area contributed by atoms with Crippen molar-refractivity contribution in [2.75, 3.05) is 5.32 Å². The average molecular weight is 349 g/mol. The molecule has 3 aromatic rings. The molecule has 3 N–H and O–H groups in total. The standard InChI is InChI=1S/C21H23N3O2/c1-13-8-9-17(10-14(13)2)24-21(26)20(23-15(3)25)11-16-12-22-19-7-5-4-6-18(16)19/h4-10,12,20,22H,11H2,1-3H3,(H,23,25)(H,24,26)/t20-/m0/s1. The van der Waals surface area contributed by atoms with Crippen molar-refractivity contribution in [3.05, 3.63) is 65.4 Å². The number of aromatic nitrogens is 1. The molecule has 26 heavy (non-hydrogen) atoms. The predicted molar refractivity (Wildman–Crippen MR) is 104 cm³/mol. The fraction of sp³-hybridized carbons (Fsp3) is 0.238. The summed E-state index contributed by atoms with van der Waals surface area (Å²) in [4.78, 5) is 27.6. The molecule has 2 amide bonds. The Labute approximate surface area is 152 Å². The second-order valence-electron chi connectivity index (χ2n) is 6.61. The van der Waals surface area contributed by atoms with Gasteiger partial charge in [-0.2, -0.15) is 0 Å². The molecule has 0 radical (unpaired) electrons. The molecule has 0 saturated heterocycles. The number of aromatic amines is 1. The average Bonchev–Trinajstić information content (AvgIpc) is 3.00. The molecule has 0 fully saturated rings. The highest BCUT2D eigenvalue weighted by molar-refractivity contribution is 5.97. The summed E-state index contributed by atoms with van der Waals surface area (Å²) in [5.74, 6) is -0.459. The maximum Gasteiger partial charge on any atom is 0.247 e. The van der Waals surface area contributed by atoms with E-state index in [0.29, 0.717) is 6.42 Å². The molecule has 1 atom stereocenters. The first-order valence-corrected chi connectivity index (χ1v) is 8.64. The zero-order valence-corrected chi connectivity index (χ0v) is 15.2. The minimum absolute atomic E-state index is 0.228. The van der Waals surface area contributed by atoms with E-state index in [9.17, 15) is 9.59 Å². The molecule has 2 aromatic carbocycles. The van der Waals surface area contributed by atoms with E-state index in [0.717, 1.165) is 27.7 Å². The lowest BCUT2D eigenvalue weighted by atomic mass is 10.0. The number of rotatable bonds is 5. The number of amides is 2. The van der Waals surface area contributed by atoms with Crippen LogP contribution < -0.4 is 10.6 Å². The van der Waals surface area contributed by atoms with E-state index in [1.54, 1.807) is 0 Å². The van der Waals surface area contributed by atoms with Gasteiger partial charge in [-0.15, -0.1) is 0 Å². The van der Waals surface area contributed by atoms with Gasteiger partial charge in [0.05, 0.1) is 0 Å². The van der Waals surface area contributed by atoms with Crippen LogP contribution in [0.15, 0.2) is 48.7 Å². The smallest absolute Gasteiger partial charge is 0.247 e. The highest BCUT2D eigenvalue weighted by Crippen LogP contribution is 2.20. The Morgan fingerprint density at radius 3 is 2.58 bits per heavy atom. The van der Waals surface area contributed by atoms with Crippen LogP contribution in [-0.4, -0.2) is 22.8 Å². The van der Waals surface area contributed by atoms with Gasteiger partial charge >= 0.3 is 0 Å². The molecule has 3 rings (SSSR count). The van der Waals surface area contributed by atoms with Crippen molar-refractivity contribution in [3.63, 3.8) is 0 Å². The van der Waals surface area contributed by atoms with Crippen LogP contribution >= 0.6 is 0 Å². The van der Waals surface area contributed by atoms with Crippen molar-refractivity contribution < 1.29 is 9.59 Å². The zero-order valence-electron chi connectivity index (χ0n) is 15.2. The second kappa shape index (κ2) is 7.44. The van der Waals surface area contributed by atoms with E-state index in [-0.39, 0.29) is 11.8 Å². The fourth-order valence-corrected chi connectivity index (χ4v) is 3.02. The summed E-state index contributed by atoms with van der Waals surface area (Å²) < 4.78 is 0. The highest BCUT2D eigenvalue weighted by Gasteiger charge is 2.21. The molecule has 0 aliphatic heterocycles. The molecule has 5 nitrogen and oxygen atoms in total. The lowest BCUT2D eigenvalue weighted by Gasteiger charge is -2.18. The van der Waals surface area contributed by atoms with Gasteiger partial charge in [0.1, 0.15) is 6.04 Å². The number of carbonyl (C=O) groups is 2. The van der Waals surface area contributed by atoms with Crippen LogP contribution in [0.1, 0.15) is 23.6 Å². The molecule has 1 heterocycles. The number of hydrogen-bond acceptors (Lipinski definition) is 2. The molecule has 0 bridgehead atoms. The first-order chi connectivity index (χ1) is 12.4. The number of nitrogens with one attached hydrogen (secondary N) is 3. The van der Waals surface area contributed by atoms with Gasteiger partial charge in [0.2, 0.25) is 11.8 Å². The molecule has 0 unspecified atom stereocenters. The normalized spacial score (nSPS) is 12.0. The summed E-state index contributed by atoms with van der Waals surface area (Å²) in [5.41, 5.74) is 5.01. The maximum absolute atomic E-state index is 12.8. The summed E-state index contributed by atoms with van der Waals surface area (Å²) in [6.45, 7) is 5.45. The third kappa shape index (κ3) is 3.94. The number of carbonyl (C=O) groups excluding carboxylic acids is 2. The van der Waals surface area contributed by atoms with Crippen LogP contribution in [0.25, 0.3) is 10.9 Å². The van der Waals surface area contributed by atoms with Crippen molar-refractivity contribution in [3.8, 4) is 0 Å². The van der Waals surface area contributed by atoms with E-state index in [1.807, 2.05) is 62.5 Å². The van der Waals surface area contributed by atoms with Gasteiger partial charge in [-0.3, -0.25) is 9.59 Å². The largest absolute Gasteiger partial charge is 0.361 e. The van der Waals surface area contributed by atoms with Gasteiger partial charge in [0, 0.05) is 36.1 Å². The van der Waals surface area contributed by atoms with Crippen LogP contribution in [0.3, 0.4) is 0 Å². The van der Waals surface area contributed by atoms with Crippen molar-refractivity contribution in [2.45, 2.75) is 33.2 Å². The van der Waals surface area contributed by atoms with Crippen LogP contribution in [0.4, 0.5) is 5.69 Å². The molecule has 5 heteroatoms. The van der Waals surface area contributed by atoms with E-state index in [1.165, 1.54) is 12.5 Å².